The van der Waals surface area contributed by atoms with Crippen molar-refractivity contribution in [3.8, 4) is 0 Å². The van der Waals surface area contributed by atoms with Crippen LogP contribution in [0.1, 0.15) is 24.8 Å². The Bertz CT molecular complexity index is 613. The zero-order valence-corrected chi connectivity index (χ0v) is 9.52. The molecule has 0 unspecified atom stereocenters. The van der Waals surface area contributed by atoms with Crippen LogP contribution in [0.5, 0.6) is 0 Å². The highest BCUT2D eigenvalue weighted by Gasteiger charge is 2.11. The number of fused-ring (bicyclic) bond motifs is 1. The second-order valence-corrected chi connectivity index (χ2v) is 4.38. The number of benzene rings is 1. The minimum absolute atomic E-state index is 0.344. The van der Waals surface area contributed by atoms with Crippen LogP contribution in [0.3, 0.4) is 0 Å². The lowest BCUT2D eigenvalue weighted by Gasteiger charge is -2.12. The van der Waals surface area contributed by atoms with Crippen LogP contribution in [-0.2, 0) is 4.79 Å². The van der Waals surface area contributed by atoms with Crippen molar-refractivity contribution < 1.29 is 4.79 Å². The molecular weight excluding hydrogens is 210 g/mol. The summed E-state index contributed by atoms with van der Waals surface area (Å²) in [6, 6.07) is 10.3. The van der Waals surface area contributed by atoms with Gasteiger partial charge in [-0.15, -0.1) is 0 Å². The molecule has 2 aromatic rings. The number of hydrogen-bond acceptors (Lipinski definition) is 2. The molecule has 0 radical (unpaired) electrons. The van der Waals surface area contributed by atoms with Gasteiger partial charge in [-0.2, -0.15) is 0 Å². The molecule has 17 heavy (non-hydrogen) atoms. The monoisotopic (exact) mass is 223 g/mol. The molecule has 1 aliphatic rings. The number of aromatic nitrogens is 1. The third kappa shape index (κ3) is 1.98. The predicted molar refractivity (Wildman–Crippen MR) is 68.6 cm³/mol. The molecule has 0 saturated carbocycles. The molecule has 1 heterocycles. The number of hydrogen-bond donors (Lipinski definition) is 0. The number of Topliss-reactive ketones (excluding diaryl/α,β-unsaturated/α-hetero) is 1. The lowest BCUT2D eigenvalue weighted by molar-refractivity contribution is -0.118. The van der Waals surface area contributed by atoms with E-state index < -0.39 is 0 Å². The van der Waals surface area contributed by atoms with E-state index in [0.29, 0.717) is 18.6 Å². The van der Waals surface area contributed by atoms with Crippen LogP contribution >= 0.6 is 0 Å². The molecular formula is C15H13NO. The number of pyridine rings is 1. The van der Waals surface area contributed by atoms with Crippen LogP contribution in [0.25, 0.3) is 16.5 Å². The van der Waals surface area contributed by atoms with Gasteiger partial charge in [0.15, 0.2) is 0 Å². The first-order chi connectivity index (χ1) is 8.33. The van der Waals surface area contributed by atoms with E-state index in [9.17, 15) is 4.79 Å². The van der Waals surface area contributed by atoms with E-state index in [4.69, 9.17) is 0 Å². The van der Waals surface area contributed by atoms with Gasteiger partial charge in [-0.25, -0.2) is 0 Å². The van der Waals surface area contributed by atoms with E-state index in [1.165, 1.54) is 11.1 Å². The molecule has 3 rings (SSSR count). The summed E-state index contributed by atoms with van der Waals surface area (Å²) < 4.78 is 0. The highest BCUT2D eigenvalue weighted by atomic mass is 16.1. The van der Waals surface area contributed by atoms with Gasteiger partial charge in [-0.05, 0) is 35.8 Å². The van der Waals surface area contributed by atoms with Gasteiger partial charge in [0.05, 0.1) is 5.52 Å². The molecule has 1 aromatic heterocycles. The highest BCUT2D eigenvalue weighted by Crippen LogP contribution is 2.27. The molecule has 0 bridgehead atoms. The first-order valence-electron chi connectivity index (χ1n) is 5.89. The Kier molecular flexibility index (Phi) is 2.48. The number of allylic oxidation sites excluding steroid dienone is 2. The molecule has 0 spiro atoms. The van der Waals surface area contributed by atoms with Gasteiger partial charge in [0.2, 0.25) is 0 Å². The Labute approximate surface area is 100.0 Å². The maximum atomic E-state index is 11.2. The third-order valence-corrected chi connectivity index (χ3v) is 3.22. The summed E-state index contributed by atoms with van der Waals surface area (Å²) in [5.74, 6) is 0.344. The van der Waals surface area contributed by atoms with Crippen molar-refractivity contribution in [2.75, 3.05) is 0 Å². The SMILES string of the molecule is O=C1CC=C(c2ccc3ncccc3c2)CC1. The maximum Gasteiger partial charge on any atom is 0.137 e. The Morgan fingerprint density at radius 3 is 2.88 bits per heavy atom. The summed E-state index contributed by atoms with van der Waals surface area (Å²) in [7, 11) is 0. The number of ketones is 1. The van der Waals surface area contributed by atoms with Crippen LogP contribution in [0.15, 0.2) is 42.6 Å². The van der Waals surface area contributed by atoms with Crippen LogP contribution < -0.4 is 0 Å². The quantitative estimate of drug-likeness (QED) is 0.741. The minimum atomic E-state index is 0.344. The number of rotatable bonds is 1. The molecule has 0 fully saturated rings. The minimum Gasteiger partial charge on any atom is -0.299 e. The van der Waals surface area contributed by atoms with Crippen LogP contribution in [0.4, 0.5) is 0 Å². The van der Waals surface area contributed by atoms with Gasteiger partial charge in [-0.1, -0.05) is 18.2 Å². The van der Waals surface area contributed by atoms with Gasteiger partial charge in [0.1, 0.15) is 5.78 Å². The van der Waals surface area contributed by atoms with Gasteiger partial charge in [0.25, 0.3) is 0 Å². The molecule has 84 valence electrons. The molecule has 2 nitrogen and oxygen atoms in total. The molecule has 0 N–H and O–H groups in total. The summed E-state index contributed by atoms with van der Waals surface area (Å²) in [5, 5.41) is 1.16. The van der Waals surface area contributed by atoms with Gasteiger partial charge in [0, 0.05) is 24.4 Å². The number of carbonyl (C=O) groups is 1. The summed E-state index contributed by atoms with van der Waals surface area (Å²) >= 11 is 0. The van der Waals surface area contributed by atoms with Crippen molar-refractivity contribution in [3.63, 3.8) is 0 Å². The molecule has 2 heteroatoms. The van der Waals surface area contributed by atoms with Crippen LogP contribution in [-0.4, -0.2) is 10.8 Å². The highest BCUT2D eigenvalue weighted by molar-refractivity contribution is 5.89. The smallest absolute Gasteiger partial charge is 0.137 e. The van der Waals surface area contributed by atoms with E-state index >= 15 is 0 Å². The second kappa shape index (κ2) is 4.13. The average Bonchev–Trinajstić information content (AvgIpc) is 2.39. The van der Waals surface area contributed by atoms with E-state index in [2.05, 4.69) is 29.3 Å². The summed E-state index contributed by atoms with van der Waals surface area (Å²) in [6.45, 7) is 0. The molecule has 1 aliphatic carbocycles. The van der Waals surface area contributed by atoms with Gasteiger partial charge >= 0.3 is 0 Å². The van der Waals surface area contributed by atoms with Crippen molar-refractivity contribution in [2.45, 2.75) is 19.3 Å². The number of nitrogens with zero attached hydrogens (tertiary/aromatic N) is 1. The predicted octanol–water partition coefficient (Wildman–Crippen LogP) is 3.37. The molecule has 0 amide bonds. The van der Waals surface area contributed by atoms with E-state index in [1.54, 1.807) is 6.20 Å². The Morgan fingerprint density at radius 1 is 1.12 bits per heavy atom. The zero-order valence-electron chi connectivity index (χ0n) is 9.52. The van der Waals surface area contributed by atoms with Crippen molar-refractivity contribution >= 4 is 22.3 Å². The fraction of sp³-hybridized carbons (Fsp3) is 0.200. The number of carbonyl (C=O) groups excluding carboxylic acids is 1. The van der Waals surface area contributed by atoms with E-state index in [1.807, 2.05) is 12.1 Å². The zero-order chi connectivity index (χ0) is 11.7. The fourth-order valence-corrected chi connectivity index (χ4v) is 2.25. The van der Waals surface area contributed by atoms with E-state index in [0.717, 1.165) is 17.3 Å². The maximum absolute atomic E-state index is 11.2. The summed E-state index contributed by atoms with van der Waals surface area (Å²) in [5.41, 5.74) is 3.53. The van der Waals surface area contributed by atoms with Crippen LogP contribution in [0.2, 0.25) is 0 Å². The lowest BCUT2D eigenvalue weighted by Crippen LogP contribution is -2.02. The average molecular weight is 223 g/mol. The topological polar surface area (TPSA) is 30.0 Å². The normalized spacial score (nSPS) is 16.0. The summed E-state index contributed by atoms with van der Waals surface area (Å²) in [6.07, 6.45) is 5.99. The largest absolute Gasteiger partial charge is 0.299 e. The molecule has 0 aliphatic heterocycles. The van der Waals surface area contributed by atoms with E-state index in [-0.39, 0.29) is 0 Å². The van der Waals surface area contributed by atoms with Crippen molar-refractivity contribution in [1.82, 2.24) is 4.98 Å². The fourth-order valence-electron chi connectivity index (χ4n) is 2.25. The summed E-state index contributed by atoms with van der Waals surface area (Å²) in [4.78, 5) is 15.5. The first kappa shape index (κ1) is 10.2. The Hall–Kier alpha value is -1.96. The van der Waals surface area contributed by atoms with Gasteiger partial charge in [-0.3, -0.25) is 9.78 Å². The standard InChI is InChI=1S/C15H13NO/c17-14-6-3-11(4-7-14)12-5-8-15-13(10-12)2-1-9-16-15/h1-3,5,8-10H,4,6-7H2. The molecule has 0 atom stereocenters. The molecule has 0 saturated heterocycles. The molecule has 1 aromatic carbocycles. The van der Waals surface area contributed by atoms with Crippen LogP contribution in [0, 0.1) is 0 Å². The lowest BCUT2D eigenvalue weighted by atomic mass is 9.92. The Morgan fingerprint density at radius 2 is 2.06 bits per heavy atom. The van der Waals surface area contributed by atoms with Crippen molar-refractivity contribution in [2.24, 2.45) is 0 Å². The third-order valence-electron chi connectivity index (χ3n) is 3.22. The van der Waals surface area contributed by atoms with Crippen molar-refractivity contribution in [1.29, 1.82) is 0 Å². The Balaban J connectivity index is 2.03. The van der Waals surface area contributed by atoms with Crippen molar-refractivity contribution in [3.05, 3.63) is 48.2 Å². The second-order valence-electron chi connectivity index (χ2n) is 4.38. The first-order valence-corrected chi connectivity index (χ1v) is 5.89. The van der Waals surface area contributed by atoms with Gasteiger partial charge < -0.3 is 0 Å².